The van der Waals surface area contributed by atoms with Crippen LogP contribution in [0.1, 0.15) is 6.92 Å². The van der Waals surface area contributed by atoms with E-state index in [1.54, 1.807) is 6.92 Å². The molecule has 0 aliphatic carbocycles. The average Bonchev–Trinajstić information content (AvgIpc) is 2.50. The lowest BCUT2D eigenvalue weighted by Crippen LogP contribution is -2.27. The van der Waals surface area contributed by atoms with E-state index in [9.17, 15) is 4.57 Å². The highest BCUT2D eigenvalue weighted by atomic mass is 31.2. The van der Waals surface area contributed by atoms with Gasteiger partial charge in [0.15, 0.2) is 0 Å². The number of phosphoric ester groups is 1. The van der Waals surface area contributed by atoms with Gasteiger partial charge < -0.3 is 15.1 Å². The molecule has 1 heterocycles. The van der Waals surface area contributed by atoms with Gasteiger partial charge in [-0.2, -0.15) is 0 Å². The molecule has 0 bridgehead atoms. The van der Waals surface area contributed by atoms with E-state index in [0.29, 0.717) is 0 Å². The SMILES string of the molecule is CC(COP(=O)(O)O)C1=NCCN1. The van der Waals surface area contributed by atoms with Crippen LogP contribution in [0, 0.1) is 5.92 Å². The molecule has 13 heavy (non-hydrogen) atoms. The molecule has 0 radical (unpaired) electrons. The zero-order valence-corrected chi connectivity index (χ0v) is 8.20. The van der Waals surface area contributed by atoms with Crippen molar-refractivity contribution in [3.8, 4) is 0 Å². The molecule has 0 aromatic heterocycles. The summed E-state index contributed by atoms with van der Waals surface area (Å²) in [5.74, 6) is 0.656. The number of rotatable bonds is 4. The van der Waals surface area contributed by atoms with Gasteiger partial charge in [-0.25, -0.2) is 4.57 Å². The summed E-state index contributed by atoms with van der Waals surface area (Å²) < 4.78 is 14.7. The fourth-order valence-electron chi connectivity index (χ4n) is 1.03. The molecule has 1 atom stereocenters. The third-order valence-corrected chi connectivity index (χ3v) is 2.14. The van der Waals surface area contributed by atoms with Gasteiger partial charge in [0.2, 0.25) is 0 Å². The van der Waals surface area contributed by atoms with E-state index in [0.717, 1.165) is 18.9 Å². The third kappa shape index (κ3) is 3.87. The molecule has 0 fully saturated rings. The van der Waals surface area contributed by atoms with Gasteiger partial charge in [0.1, 0.15) is 5.84 Å². The average molecular weight is 208 g/mol. The van der Waals surface area contributed by atoms with E-state index in [1.807, 2.05) is 0 Å². The molecule has 6 nitrogen and oxygen atoms in total. The Morgan fingerprint density at radius 3 is 2.92 bits per heavy atom. The van der Waals surface area contributed by atoms with Crippen LogP contribution >= 0.6 is 7.82 Å². The molecule has 1 aliphatic heterocycles. The van der Waals surface area contributed by atoms with E-state index in [1.165, 1.54) is 0 Å². The minimum atomic E-state index is -4.34. The second-order valence-corrected chi connectivity index (χ2v) is 4.12. The van der Waals surface area contributed by atoms with Crippen LogP contribution in [-0.2, 0) is 9.09 Å². The Hall–Kier alpha value is -0.420. The Morgan fingerprint density at radius 2 is 2.46 bits per heavy atom. The predicted molar refractivity (Wildman–Crippen MR) is 47.5 cm³/mol. The van der Waals surface area contributed by atoms with Crippen LogP contribution in [0.25, 0.3) is 0 Å². The van der Waals surface area contributed by atoms with Gasteiger partial charge in [0, 0.05) is 12.5 Å². The maximum absolute atomic E-state index is 10.4. The van der Waals surface area contributed by atoms with Crippen molar-refractivity contribution in [3.63, 3.8) is 0 Å². The minimum Gasteiger partial charge on any atom is -0.372 e. The second kappa shape index (κ2) is 4.19. The normalized spacial score (nSPS) is 19.5. The van der Waals surface area contributed by atoms with Crippen LogP contribution < -0.4 is 5.32 Å². The molecule has 76 valence electrons. The van der Waals surface area contributed by atoms with Gasteiger partial charge in [-0.15, -0.1) is 0 Å². The number of nitrogens with one attached hydrogen (secondary N) is 1. The molecule has 0 saturated carbocycles. The smallest absolute Gasteiger partial charge is 0.372 e. The lowest BCUT2D eigenvalue weighted by atomic mass is 10.2. The first kappa shape index (κ1) is 10.7. The molecule has 1 unspecified atom stereocenters. The lowest BCUT2D eigenvalue weighted by molar-refractivity contribution is 0.186. The standard InChI is InChI=1S/C6H13N2O4P/c1-5(4-12-13(9,10)11)6-7-2-3-8-6/h5H,2-4H2,1H3,(H,7,8)(H2,9,10,11). The predicted octanol–water partition coefficient (Wildman–Crippen LogP) is -0.267. The van der Waals surface area contributed by atoms with Crippen molar-refractivity contribution in [2.24, 2.45) is 10.9 Å². The number of aliphatic imine (C=N–C) groups is 1. The highest BCUT2D eigenvalue weighted by Crippen LogP contribution is 2.36. The zero-order chi connectivity index (χ0) is 9.90. The van der Waals surface area contributed by atoms with E-state index >= 15 is 0 Å². The fourth-order valence-corrected chi connectivity index (χ4v) is 1.45. The molecule has 0 spiro atoms. The van der Waals surface area contributed by atoms with E-state index in [4.69, 9.17) is 9.79 Å². The molecule has 0 amide bonds. The molecular weight excluding hydrogens is 195 g/mol. The van der Waals surface area contributed by atoms with Crippen LogP contribution in [0.15, 0.2) is 4.99 Å². The van der Waals surface area contributed by atoms with Crippen LogP contribution in [0.5, 0.6) is 0 Å². The highest BCUT2D eigenvalue weighted by Gasteiger charge is 2.19. The first-order valence-corrected chi connectivity index (χ1v) is 5.50. The molecule has 0 aromatic carbocycles. The van der Waals surface area contributed by atoms with Crippen molar-refractivity contribution in [2.75, 3.05) is 19.7 Å². The maximum atomic E-state index is 10.4. The Kier molecular flexibility index (Phi) is 3.44. The minimum absolute atomic E-state index is 0.0177. The van der Waals surface area contributed by atoms with Crippen molar-refractivity contribution >= 4 is 13.7 Å². The van der Waals surface area contributed by atoms with Gasteiger partial charge in [0.05, 0.1) is 13.2 Å². The quantitative estimate of drug-likeness (QED) is 0.553. The van der Waals surface area contributed by atoms with E-state index in [-0.39, 0.29) is 12.5 Å². The van der Waals surface area contributed by atoms with Crippen molar-refractivity contribution in [2.45, 2.75) is 6.92 Å². The van der Waals surface area contributed by atoms with E-state index in [2.05, 4.69) is 14.8 Å². The Morgan fingerprint density at radius 1 is 1.77 bits per heavy atom. The van der Waals surface area contributed by atoms with Crippen LogP contribution in [-0.4, -0.2) is 35.3 Å². The molecular formula is C6H13N2O4P. The van der Waals surface area contributed by atoms with Gasteiger partial charge in [-0.05, 0) is 0 Å². The molecule has 0 saturated heterocycles. The summed E-state index contributed by atoms with van der Waals surface area (Å²) >= 11 is 0. The molecule has 3 N–H and O–H groups in total. The monoisotopic (exact) mass is 208 g/mol. The van der Waals surface area contributed by atoms with Crippen molar-refractivity contribution < 1.29 is 18.9 Å². The number of nitrogens with zero attached hydrogens (tertiary/aromatic N) is 1. The summed E-state index contributed by atoms with van der Waals surface area (Å²) in [6.07, 6.45) is 0. The van der Waals surface area contributed by atoms with Crippen molar-refractivity contribution in [1.82, 2.24) is 5.32 Å². The summed E-state index contributed by atoms with van der Waals surface area (Å²) in [7, 11) is -4.34. The summed E-state index contributed by atoms with van der Waals surface area (Å²) in [4.78, 5) is 21.0. The summed E-state index contributed by atoms with van der Waals surface area (Å²) in [6.45, 7) is 3.29. The fraction of sp³-hybridized carbons (Fsp3) is 0.833. The van der Waals surface area contributed by atoms with Crippen LogP contribution in [0.4, 0.5) is 0 Å². The number of hydrogen-bond donors (Lipinski definition) is 3. The molecule has 0 aromatic rings. The van der Waals surface area contributed by atoms with Gasteiger partial charge in [-0.1, -0.05) is 6.92 Å². The number of hydrogen-bond acceptors (Lipinski definition) is 4. The highest BCUT2D eigenvalue weighted by molar-refractivity contribution is 7.46. The Balaban J connectivity index is 2.33. The van der Waals surface area contributed by atoms with Gasteiger partial charge in [-0.3, -0.25) is 9.52 Å². The largest absolute Gasteiger partial charge is 0.469 e. The Labute approximate surface area is 76.3 Å². The van der Waals surface area contributed by atoms with E-state index < -0.39 is 7.82 Å². The lowest BCUT2D eigenvalue weighted by Gasteiger charge is -2.12. The molecule has 1 aliphatic rings. The Bertz CT molecular complexity index is 249. The zero-order valence-electron chi connectivity index (χ0n) is 7.30. The molecule has 7 heteroatoms. The maximum Gasteiger partial charge on any atom is 0.469 e. The van der Waals surface area contributed by atoms with Gasteiger partial charge >= 0.3 is 7.82 Å². The first-order chi connectivity index (χ1) is 5.99. The number of phosphoric acid groups is 1. The van der Waals surface area contributed by atoms with Crippen molar-refractivity contribution in [1.29, 1.82) is 0 Å². The third-order valence-electron chi connectivity index (χ3n) is 1.66. The summed E-state index contributed by atoms with van der Waals surface area (Å²) in [5.41, 5.74) is 0. The number of amidine groups is 1. The first-order valence-electron chi connectivity index (χ1n) is 3.97. The van der Waals surface area contributed by atoms with Crippen LogP contribution in [0.2, 0.25) is 0 Å². The summed E-state index contributed by atoms with van der Waals surface area (Å²) in [5, 5.41) is 3.01. The topological polar surface area (TPSA) is 91.2 Å². The second-order valence-electron chi connectivity index (χ2n) is 2.88. The molecule has 1 rings (SSSR count). The summed E-state index contributed by atoms with van der Waals surface area (Å²) in [6, 6.07) is 0. The van der Waals surface area contributed by atoms with Gasteiger partial charge in [0.25, 0.3) is 0 Å². The van der Waals surface area contributed by atoms with Crippen molar-refractivity contribution in [3.05, 3.63) is 0 Å². The van der Waals surface area contributed by atoms with Crippen LogP contribution in [0.3, 0.4) is 0 Å².